The minimum atomic E-state index is -1.37. The summed E-state index contributed by atoms with van der Waals surface area (Å²) < 4.78 is 27.0. The van der Waals surface area contributed by atoms with Gasteiger partial charge in [0.05, 0.1) is 41.3 Å². The van der Waals surface area contributed by atoms with Gasteiger partial charge in [-0.25, -0.2) is 14.2 Å². The van der Waals surface area contributed by atoms with E-state index in [1.807, 2.05) is 6.92 Å². The number of hydrogen-bond donors (Lipinski definition) is 2. The lowest BCUT2D eigenvalue weighted by Gasteiger charge is -2.26. The van der Waals surface area contributed by atoms with Crippen LogP contribution in [0.25, 0.3) is 10.9 Å². The molecule has 2 aromatic heterocycles. The van der Waals surface area contributed by atoms with Crippen molar-refractivity contribution in [2.45, 2.75) is 38.0 Å². The number of nitrogens with one attached hydrogen (secondary N) is 1. The Morgan fingerprint density at radius 2 is 2.26 bits per heavy atom. The third-order valence-electron chi connectivity index (χ3n) is 6.82. The van der Waals surface area contributed by atoms with Gasteiger partial charge in [-0.15, -0.1) is 0 Å². The SMILES string of the molecule is CCNC(c1ncco1)C1CCN(c2c(Cl)cc3c(=O)c(C(=O)O)cn(C4CC4F)c3c2OC)C1. The van der Waals surface area contributed by atoms with Crippen molar-refractivity contribution in [3.8, 4) is 5.75 Å². The van der Waals surface area contributed by atoms with E-state index in [1.165, 1.54) is 23.9 Å². The Bertz CT molecular complexity index is 1330. The highest BCUT2D eigenvalue weighted by Gasteiger charge is 2.42. The number of alkyl halides is 1. The zero-order valence-corrected chi connectivity index (χ0v) is 20.1. The molecule has 9 nitrogen and oxygen atoms in total. The van der Waals surface area contributed by atoms with E-state index in [0.29, 0.717) is 35.9 Å². The number of fused-ring (bicyclic) bond motifs is 1. The number of pyridine rings is 1. The van der Waals surface area contributed by atoms with Gasteiger partial charge in [-0.1, -0.05) is 18.5 Å². The maximum Gasteiger partial charge on any atom is 0.341 e. The topological polar surface area (TPSA) is 110 Å². The van der Waals surface area contributed by atoms with Crippen LogP contribution in [-0.4, -0.2) is 53.5 Å². The number of methoxy groups -OCH3 is 1. The molecule has 1 aliphatic carbocycles. The summed E-state index contributed by atoms with van der Waals surface area (Å²) in [5.41, 5.74) is -0.157. The van der Waals surface area contributed by atoms with Gasteiger partial charge in [0.15, 0.2) is 5.75 Å². The number of rotatable bonds is 8. The van der Waals surface area contributed by atoms with Gasteiger partial charge in [0.1, 0.15) is 23.7 Å². The van der Waals surface area contributed by atoms with Crippen LogP contribution >= 0.6 is 11.6 Å². The first-order valence-electron chi connectivity index (χ1n) is 11.6. The summed E-state index contributed by atoms with van der Waals surface area (Å²) >= 11 is 6.70. The number of carboxylic acids is 1. The maximum atomic E-state index is 14.1. The van der Waals surface area contributed by atoms with E-state index < -0.39 is 29.2 Å². The molecule has 4 unspecified atom stereocenters. The second-order valence-electron chi connectivity index (χ2n) is 8.94. The van der Waals surface area contributed by atoms with E-state index in [1.54, 1.807) is 12.5 Å². The minimum absolute atomic E-state index is 0.0831. The van der Waals surface area contributed by atoms with E-state index in [4.69, 9.17) is 20.8 Å². The lowest BCUT2D eigenvalue weighted by molar-refractivity contribution is 0.0694. The third-order valence-corrected chi connectivity index (χ3v) is 7.11. The van der Waals surface area contributed by atoms with Crippen molar-refractivity contribution in [1.82, 2.24) is 14.9 Å². The smallest absolute Gasteiger partial charge is 0.341 e. The predicted octanol–water partition coefficient (Wildman–Crippen LogP) is 3.81. The molecule has 0 spiro atoms. The van der Waals surface area contributed by atoms with Crippen molar-refractivity contribution in [3.63, 3.8) is 0 Å². The molecule has 0 amide bonds. The number of aromatic nitrogens is 2. The summed E-state index contributed by atoms with van der Waals surface area (Å²) in [6, 6.07) is 0.827. The molecule has 1 saturated heterocycles. The first kappa shape index (κ1) is 23.6. The largest absolute Gasteiger partial charge is 0.492 e. The number of hydrogen-bond acceptors (Lipinski definition) is 7. The molecule has 1 saturated carbocycles. The molecule has 0 radical (unpaired) electrons. The van der Waals surface area contributed by atoms with Gasteiger partial charge in [0.25, 0.3) is 0 Å². The standard InChI is InChI=1S/C24H26ClFN4O5/c1-3-27-18(23-28-5-7-35-23)12-4-6-29(10-12)20-15(25)8-13-19(22(20)34-2)30(17-9-16(17)26)11-14(21(13)31)24(32)33/h5,7-8,11-12,16-18,27H,3-4,6,9-10H2,1-2H3,(H,32,33). The van der Waals surface area contributed by atoms with E-state index >= 15 is 0 Å². The number of carboxylic acid groups (broad SMARTS) is 1. The van der Waals surface area contributed by atoms with Crippen LogP contribution in [0.15, 0.2) is 33.9 Å². The van der Waals surface area contributed by atoms with E-state index in [0.717, 1.165) is 13.0 Å². The van der Waals surface area contributed by atoms with Crippen molar-refractivity contribution >= 4 is 34.2 Å². The van der Waals surface area contributed by atoms with Gasteiger partial charge in [-0.3, -0.25) is 4.79 Å². The monoisotopic (exact) mass is 504 g/mol. The van der Waals surface area contributed by atoms with Crippen LogP contribution in [0.1, 0.15) is 48.1 Å². The fourth-order valence-corrected chi connectivity index (χ4v) is 5.43. The zero-order chi connectivity index (χ0) is 24.9. The second kappa shape index (κ2) is 9.16. The van der Waals surface area contributed by atoms with Crippen LogP contribution in [0.2, 0.25) is 5.02 Å². The zero-order valence-electron chi connectivity index (χ0n) is 19.3. The highest BCUT2D eigenvalue weighted by atomic mass is 35.5. The Kier molecular flexibility index (Phi) is 6.18. The Labute approximate surface area is 205 Å². The molecule has 11 heteroatoms. The minimum Gasteiger partial charge on any atom is -0.492 e. The van der Waals surface area contributed by atoms with Crippen molar-refractivity contribution < 1.29 is 23.4 Å². The molecule has 4 atom stereocenters. The molecule has 2 N–H and O–H groups in total. The average Bonchev–Trinajstić information content (AvgIpc) is 3.23. The van der Waals surface area contributed by atoms with Gasteiger partial charge in [-0.05, 0) is 19.0 Å². The molecule has 3 aromatic rings. The van der Waals surface area contributed by atoms with Crippen LogP contribution in [0.5, 0.6) is 5.75 Å². The van der Waals surface area contributed by atoms with Gasteiger partial charge >= 0.3 is 5.97 Å². The van der Waals surface area contributed by atoms with E-state index in [9.17, 15) is 19.1 Å². The molecule has 0 bridgehead atoms. The molecule has 5 rings (SSSR count). The second-order valence-corrected chi connectivity index (χ2v) is 9.35. The molecule has 1 aromatic carbocycles. The number of ether oxygens (including phenoxy) is 1. The first-order chi connectivity index (χ1) is 16.8. The summed E-state index contributed by atoms with van der Waals surface area (Å²) in [6.07, 6.45) is 4.34. The molecular formula is C24H26ClFN4O5. The van der Waals surface area contributed by atoms with Crippen molar-refractivity contribution in [2.24, 2.45) is 5.92 Å². The number of halogens is 2. The van der Waals surface area contributed by atoms with Gasteiger partial charge in [0.2, 0.25) is 11.3 Å². The quantitative estimate of drug-likeness (QED) is 0.476. The molecule has 35 heavy (non-hydrogen) atoms. The summed E-state index contributed by atoms with van der Waals surface area (Å²) in [5, 5.41) is 13.4. The van der Waals surface area contributed by atoms with Crippen LogP contribution in [-0.2, 0) is 0 Å². The number of anilines is 1. The number of carbonyl (C=O) groups is 1. The number of oxazole rings is 1. The summed E-state index contributed by atoms with van der Waals surface area (Å²) in [6.45, 7) is 4.05. The molecule has 2 fully saturated rings. The van der Waals surface area contributed by atoms with Gasteiger partial charge < -0.3 is 29.0 Å². The lowest BCUT2D eigenvalue weighted by atomic mass is 9.98. The Morgan fingerprint density at radius 3 is 2.86 bits per heavy atom. The number of aromatic carboxylic acids is 1. The van der Waals surface area contributed by atoms with Crippen molar-refractivity contribution in [2.75, 3.05) is 31.6 Å². The van der Waals surface area contributed by atoms with E-state index in [2.05, 4.69) is 15.2 Å². The van der Waals surface area contributed by atoms with Crippen molar-refractivity contribution in [1.29, 1.82) is 0 Å². The third kappa shape index (κ3) is 4.04. The Balaban J connectivity index is 1.61. The lowest BCUT2D eigenvalue weighted by Crippen LogP contribution is -2.31. The average molecular weight is 505 g/mol. The molecule has 3 heterocycles. The van der Waals surface area contributed by atoms with Crippen LogP contribution < -0.4 is 20.4 Å². The Morgan fingerprint density at radius 1 is 1.49 bits per heavy atom. The highest BCUT2D eigenvalue weighted by Crippen LogP contribution is 2.48. The molecular weight excluding hydrogens is 479 g/mol. The fraction of sp³-hybridized carbons (Fsp3) is 0.458. The van der Waals surface area contributed by atoms with Gasteiger partial charge in [0, 0.05) is 31.6 Å². The van der Waals surface area contributed by atoms with Crippen molar-refractivity contribution in [3.05, 3.63) is 51.4 Å². The van der Waals surface area contributed by atoms with Crippen LogP contribution in [0.4, 0.5) is 10.1 Å². The Hall–Kier alpha value is -3.11. The normalized spacial score (nSPS) is 22.5. The highest BCUT2D eigenvalue weighted by molar-refractivity contribution is 6.35. The number of nitrogens with zero attached hydrogens (tertiary/aromatic N) is 3. The van der Waals surface area contributed by atoms with Crippen LogP contribution in [0.3, 0.4) is 0 Å². The summed E-state index contributed by atoms with van der Waals surface area (Å²) in [4.78, 5) is 31.1. The summed E-state index contributed by atoms with van der Waals surface area (Å²) in [5.74, 6) is -0.255. The first-order valence-corrected chi connectivity index (χ1v) is 11.9. The molecule has 186 valence electrons. The fourth-order valence-electron chi connectivity index (χ4n) is 5.11. The predicted molar refractivity (Wildman–Crippen MR) is 129 cm³/mol. The van der Waals surface area contributed by atoms with Crippen LogP contribution in [0, 0.1) is 5.92 Å². The molecule has 2 aliphatic rings. The van der Waals surface area contributed by atoms with Gasteiger partial charge in [-0.2, -0.15) is 0 Å². The van der Waals surface area contributed by atoms with E-state index in [-0.39, 0.29) is 28.8 Å². The maximum absolute atomic E-state index is 14.1. The summed E-state index contributed by atoms with van der Waals surface area (Å²) in [7, 11) is 1.47. The number of benzene rings is 1. The molecule has 1 aliphatic heterocycles.